The number of aromatic nitrogens is 2. The molecule has 8 heteroatoms. The molecule has 0 aliphatic rings. The third kappa shape index (κ3) is 3.72. The van der Waals surface area contributed by atoms with E-state index < -0.39 is 0 Å². The molecule has 0 atom stereocenters. The fourth-order valence-corrected chi connectivity index (χ4v) is 10.2. The van der Waals surface area contributed by atoms with Crippen LogP contribution in [0, 0.1) is 0 Å². The molecule has 2 nitrogen and oxygen atoms in total. The highest BCUT2D eigenvalue weighted by atomic mass is 33.1. The average Bonchev–Trinajstić information content (AvgIpc) is 3.52. The molecular weight excluding hydrogens is 485 g/mol. The van der Waals surface area contributed by atoms with Gasteiger partial charge in [-0.1, -0.05) is 60.7 Å². The zero-order valence-corrected chi connectivity index (χ0v) is 20.2. The fraction of sp³-hybridized carbons (Fsp3) is 0. The van der Waals surface area contributed by atoms with E-state index in [0.29, 0.717) is 0 Å². The number of benzene rings is 2. The van der Waals surface area contributed by atoms with Gasteiger partial charge in [0, 0.05) is 9.75 Å². The van der Waals surface area contributed by atoms with E-state index in [0.717, 1.165) is 18.3 Å². The van der Waals surface area contributed by atoms with E-state index in [4.69, 9.17) is 9.97 Å². The van der Waals surface area contributed by atoms with Crippen molar-refractivity contribution in [3.05, 3.63) is 72.8 Å². The Bertz CT molecular complexity index is 1270. The summed E-state index contributed by atoms with van der Waals surface area (Å²) in [5.41, 5.74) is 2.52. The normalized spacial score (nSPS) is 11.6. The van der Waals surface area contributed by atoms with E-state index >= 15 is 0 Å². The lowest BCUT2D eigenvalue weighted by Crippen LogP contribution is -1.68. The predicted octanol–water partition coefficient (Wildman–Crippen LogP) is 9.16. The van der Waals surface area contributed by atoms with Crippen molar-refractivity contribution in [2.24, 2.45) is 0 Å². The number of thiazole rings is 2. The molecule has 0 aliphatic carbocycles. The zero-order valence-electron chi connectivity index (χ0n) is 15.3. The molecule has 0 amide bonds. The van der Waals surface area contributed by atoms with Gasteiger partial charge in [0.15, 0.2) is 8.68 Å². The summed E-state index contributed by atoms with van der Waals surface area (Å²) in [5, 5.41) is 0. The second kappa shape index (κ2) is 8.11. The Morgan fingerprint density at radius 3 is 1.37 bits per heavy atom. The van der Waals surface area contributed by atoms with Gasteiger partial charge in [-0.3, -0.25) is 0 Å². The molecule has 4 heterocycles. The summed E-state index contributed by atoms with van der Waals surface area (Å²) in [6.07, 6.45) is 0. The number of nitrogens with zero attached hydrogens (tertiary/aromatic N) is 2. The monoisotopic (exact) mass is 496 g/mol. The molecule has 30 heavy (non-hydrogen) atoms. The molecule has 2 aromatic carbocycles. The van der Waals surface area contributed by atoms with Crippen LogP contribution in [0.4, 0.5) is 0 Å². The van der Waals surface area contributed by atoms with Crippen LogP contribution in [0.15, 0.2) is 81.5 Å². The van der Waals surface area contributed by atoms with Crippen molar-refractivity contribution in [2.75, 3.05) is 0 Å². The molecule has 0 aliphatic heterocycles. The standard InChI is InChI=1S/C22H12N2S6/c1-3-7-13(8-4-1)15-11-17-19(25-15)23-21(27-17)29-30-22-24-20-18(28-22)12-16(26-20)14-9-5-2-6-10-14/h1-12H. The van der Waals surface area contributed by atoms with E-state index in [2.05, 4.69) is 72.8 Å². The minimum atomic E-state index is 1.09. The second-order valence-electron chi connectivity index (χ2n) is 6.42. The van der Waals surface area contributed by atoms with Gasteiger partial charge in [0.1, 0.15) is 9.66 Å². The molecule has 6 rings (SSSR count). The Hall–Kier alpha value is -1.68. The van der Waals surface area contributed by atoms with Gasteiger partial charge in [-0.15, -0.1) is 45.3 Å². The van der Waals surface area contributed by atoms with Gasteiger partial charge in [0.05, 0.1) is 9.40 Å². The first-order valence-corrected chi connectivity index (χ1v) is 14.5. The molecule has 0 saturated heterocycles. The summed E-state index contributed by atoms with van der Waals surface area (Å²) < 4.78 is 4.69. The van der Waals surface area contributed by atoms with Crippen molar-refractivity contribution in [3.63, 3.8) is 0 Å². The molecule has 0 saturated carbocycles. The summed E-state index contributed by atoms with van der Waals surface area (Å²) in [4.78, 5) is 14.5. The summed E-state index contributed by atoms with van der Waals surface area (Å²) in [5.74, 6) is 0. The van der Waals surface area contributed by atoms with Gasteiger partial charge in [0.2, 0.25) is 0 Å². The summed E-state index contributed by atoms with van der Waals surface area (Å²) in [7, 11) is 3.42. The van der Waals surface area contributed by atoms with Crippen LogP contribution in [-0.2, 0) is 0 Å². The van der Waals surface area contributed by atoms with Crippen LogP contribution >= 0.6 is 66.9 Å². The first-order valence-electron chi connectivity index (χ1n) is 9.08. The Morgan fingerprint density at radius 2 is 0.967 bits per heavy atom. The van der Waals surface area contributed by atoms with Gasteiger partial charge in [0.25, 0.3) is 0 Å². The Kier molecular flexibility index (Phi) is 5.14. The number of fused-ring (bicyclic) bond motifs is 2. The lowest BCUT2D eigenvalue weighted by Gasteiger charge is -1.95. The van der Waals surface area contributed by atoms with E-state index in [-0.39, 0.29) is 0 Å². The van der Waals surface area contributed by atoms with Gasteiger partial charge in [-0.2, -0.15) is 0 Å². The summed E-state index contributed by atoms with van der Waals surface area (Å²) >= 11 is 7.05. The Morgan fingerprint density at radius 1 is 0.533 bits per heavy atom. The molecule has 0 radical (unpaired) electrons. The second-order valence-corrected chi connectivity index (χ2v) is 13.2. The van der Waals surface area contributed by atoms with Crippen molar-refractivity contribution >= 4 is 86.0 Å². The molecule has 146 valence electrons. The smallest absolute Gasteiger partial charge is 0.163 e. The van der Waals surface area contributed by atoms with Crippen LogP contribution in [-0.4, -0.2) is 9.97 Å². The lowest BCUT2D eigenvalue weighted by atomic mass is 10.2. The maximum absolute atomic E-state index is 4.83. The number of rotatable bonds is 5. The van der Waals surface area contributed by atoms with Crippen LogP contribution in [0.5, 0.6) is 0 Å². The van der Waals surface area contributed by atoms with E-state index in [1.165, 1.54) is 30.3 Å². The topological polar surface area (TPSA) is 25.8 Å². The summed E-state index contributed by atoms with van der Waals surface area (Å²) in [6, 6.07) is 25.5. The number of hydrogen-bond acceptors (Lipinski definition) is 8. The Balaban J connectivity index is 1.18. The minimum absolute atomic E-state index is 1.09. The third-order valence-corrected chi connectivity index (χ3v) is 11.8. The quantitative estimate of drug-likeness (QED) is 0.222. The van der Waals surface area contributed by atoms with Crippen LogP contribution in [0.1, 0.15) is 0 Å². The SMILES string of the molecule is c1ccc(-c2cc3sc(SSc4nc5sc(-c6ccccc6)cc5s4)nc3s2)cc1. The van der Waals surface area contributed by atoms with Crippen LogP contribution < -0.4 is 0 Å². The van der Waals surface area contributed by atoms with Crippen LogP contribution in [0.25, 0.3) is 39.9 Å². The van der Waals surface area contributed by atoms with E-state index in [1.54, 1.807) is 66.9 Å². The van der Waals surface area contributed by atoms with Crippen molar-refractivity contribution in [1.29, 1.82) is 0 Å². The maximum Gasteiger partial charge on any atom is 0.163 e. The molecule has 0 unspecified atom stereocenters. The number of thiophene rings is 2. The predicted molar refractivity (Wildman–Crippen MR) is 138 cm³/mol. The molecule has 4 aromatic heterocycles. The van der Waals surface area contributed by atoms with Crippen molar-refractivity contribution in [1.82, 2.24) is 9.97 Å². The van der Waals surface area contributed by atoms with E-state index in [1.807, 2.05) is 0 Å². The first kappa shape index (κ1) is 19.0. The highest BCUT2D eigenvalue weighted by Gasteiger charge is 2.14. The molecule has 0 spiro atoms. The van der Waals surface area contributed by atoms with Crippen LogP contribution in [0.3, 0.4) is 0 Å². The maximum atomic E-state index is 4.83. The minimum Gasteiger partial charge on any atom is -0.218 e. The molecule has 0 N–H and O–H groups in total. The van der Waals surface area contributed by atoms with Gasteiger partial charge in [-0.25, -0.2) is 9.97 Å². The van der Waals surface area contributed by atoms with Gasteiger partial charge < -0.3 is 0 Å². The molecule has 0 bridgehead atoms. The van der Waals surface area contributed by atoms with Crippen molar-refractivity contribution < 1.29 is 0 Å². The highest BCUT2D eigenvalue weighted by molar-refractivity contribution is 8.77. The van der Waals surface area contributed by atoms with Crippen LogP contribution in [0.2, 0.25) is 0 Å². The molecular formula is C22H12N2S6. The largest absolute Gasteiger partial charge is 0.218 e. The zero-order chi connectivity index (χ0) is 19.9. The Labute approximate surface area is 197 Å². The first-order chi connectivity index (χ1) is 14.8. The molecule has 0 fully saturated rings. The number of hydrogen-bond donors (Lipinski definition) is 0. The molecule has 6 aromatic rings. The highest BCUT2D eigenvalue weighted by Crippen LogP contribution is 2.47. The van der Waals surface area contributed by atoms with E-state index in [9.17, 15) is 0 Å². The van der Waals surface area contributed by atoms with Crippen molar-refractivity contribution in [2.45, 2.75) is 8.68 Å². The average molecular weight is 497 g/mol. The van der Waals surface area contributed by atoms with Gasteiger partial charge >= 0.3 is 0 Å². The fourth-order valence-electron chi connectivity index (χ4n) is 3.06. The lowest BCUT2D eigenvalue weighted by molar-refractivity contribution is 1.32. The summed E-state index contributed by atoms with van der Waals surface area (Å²) in [6.45, 7) is 0. The van der Waals surface area contributed by atoms with Crippen molar-refractivity contribution in [3.8, 4) is 20.9 Å². The third-order valence-electron chi connectivity index (χ3n) is 4.44. The van der Waals surface area contributed by atoms with Gasteiger partial charge in [-0.05, 0) is 44.8 Å².